The molecule has 0 saturated carbocycles. The van der Waals surface area contributed by atoms with Gasteiger partial charge in [-0.3, -0.25) is 19.4 Å². The summed E-state index contributed by atoms with van der Waals surface area (Å²) in [6.45, 7) is 6.62. The molecule has 1 aromatic heterocycles. The zero-order valence-electron chi connectivity index (χ0n) is 21.0. The number of ether oxygens (including phenoxy) is 2. The molecular formula is C26H34N4O5. The SMILES string of the molecule is CCC(=O)Nc1ccc2c(c1)OC[C@@H](C)N(C(=O)c1ccncc1)C[C@@H](C)[C@@H](OC)CN(C)C2=O. The first kappa shape index (κ1) is 26.2. The van der Waals surface area contributed by atoms with Gasteiger partial charge in [-0.2, -0.15) is 0 Å². The van der Waals surface area contributed by atoms with Gasteiger partial charge in [0.15, 0.2) is 0 Å². The number of carbonyl (C=O) groups is 3. The number of anilines is 1. The number of hydrogen-bond donors (Lipinski definition) is 1. The number of amides is 3. The van der Waals surface area contributed by atoms with Gasteiger partial charge in [-0.15, -0.1) is 0 Å². The van der Waals surface area contributed by atoms with Gasteiger partial charge >= 0.3 is 0 Å². The van der Waals surface area contributed by atoms with Crippen LogP contribution in [0.1, 0.15) is 47.9 Å². The van der Waals surface area contributed by atoms with Gasteiger partial charge in [0.05, 0.1) is 17.7 Å². The standard InChI is InChI=1S/C26H34N4O5/c1-6-24(31)28-20-7-8-21-22(13-20)35-16-18(3)30(25(32)19-9-11-27-12-10-19)14-17(2)23(34-5)15-29(4)26(21)33/h7-13,17-18,23H,6,14-16H2,1-5H3,(H,28,31)/t17-,18-,23+/m1/s1. The largest absolute Gasteiger partial charge is 0.491 e. The summed E-state index contributed by atoms with van der Waals surface area (Å²) in [7, 11) is 3.33. The van der Waals surface area contributed by atoms with Crippen LogP contribution in [0.2, 0.25) is 0 Å². The number of fused-ring (bicyclic) bond motifs is 1. The number of nitrogens with one attached hydrogen (secondary N) is 1. The van der Waals surface area contributed by atoms with E-state index in [1.165, 1.54) is 0 Å². The minimum absolute atomic E-state index is 0.0472. The van der Waals surface area contributed by atoms with E-state index < -0.39 is 0 Å². The van der Waals surface area contributed by atoms with Crippen molar-refractivity contribution < 1.29 is 23.9 Å². The quantitative estimate of drug-likeness (QED) is 0.719. The Morgan fingerprint density at radius 1 is 1.17 bits per heavy atom. The molecule has 3 rings (SSSR count). The molecule has 35 heavy (non-hydrogen) atoms. The molecule has 0 saturated heterocycles. The molecule has 3 amide bonds. The Kier molecular flexibility index (Phi) is 8.81. The number of pyridine rings is 1. The maximum Gasteiger partial charge on any atom is 0.257 e. The van der Waals surface area contributed by atoms with Crippen LogP contribution in [0.5, 0.6) is 5.75 Å². The number of nitrogens with zero attached hydrogens (tertiary/aromatic N) is 3. The molecular weight excluding hydrogens is 448 g/mol. The number of carbonyl (C=O) groups excluding carboxylic acids is 3. The van der Waals surface area contributed by atoms with Gasteiger partial charge < -0.3 is 24.6 Å². The first-order chi connectivity index (χ1) is 16.7. The third kappa shape index (κ3) is 6.36. The Labute approximate surface area is 206 Å². The highest BCUT2D eigenvalue weighted by atomic mass is 16.5. The third-order valence-corrected chi connectivity index (χ3v) is 6.24. The van der Waals surface area contributed by atoms with E-state index in [4.69, 9.17) is 9.47 Å². The summed E-state index contributed by atoms with van der Waals surface area (Å²) in [5, 5.41) is 2.80. The Balaban J connectivity index is 1.99. The molecule has 0 unspecified atom stereocenters. The molecule has 1 aliphatic rings. The summed E-state index contributed by atoms with van der Waals surface area (Å²) >= 11 is 0. The van der Waals surface area contributed by atoms with Crippen LogP contribution in [0.25, 0.3) is 0 Å². The van der Waals surface area contributed by atoms with Crippen LogP contribution >= 0.6 is 0 Å². The van der Waals surface area contributed by atoms with Gasteiger partial charge in [0.1, 0.15) is 12.4 Å². The molecule has 0 aliphatic carbocycles. The zero-order chi connectivity index (χ0) is 25.5. The predicted octanol–water partition coefficient (Wildman–Crippen LogP) is 3.08. The lowest BCUT2D eigenvalue weighted by atomic mass is 10.0. The summed E-state index contributed by atoms with van der Waals surface area (Å²) in [6, 6.07) is 8.07. The molecule has 9 nitrogen and oxygen atoms in total. The lowest BCUT2D eigenvalue weighted by molar-refractivity contribution is -0.115. The predicted molar refractivity (Wildman–Crippen MR) is 133 cm³/mol. The third-order valence-electron chi connectivity index (χ3n) is 6.24. The molecule has 0 spiro atoms. The molecule has 1 N–H and O–H groups in total. The van der Waals surface area contributed by atoms with Gasteiger partial charge in [0.25, 0.3) is 11.8 Å². The molecule has 1 aromatic carbocycles. The van der Waals surface area contributed by atoms with E-state index in [1.807, 2.05) is 13.8 Å². The molecule has 2 heterocycles. The van der Waals surface area contributed by atoms with Crippen molar-refractivity contribution in [3.8, 4) is 5.75 Å². The lowest BCUT2D eigenvalue weighted by Crippen LogP contribution is -2.48. The maximum atomic E-state index is 13.4. The monoisotopic (exact) mass is 482 g/mol. The van der Waals surface area contributed by atoms with E-state index in [-0.39, 0.29) is 42.4 Å². The number of aromatic nitrogens is 1. The Bertz CT molecular complexity index is 1050. The van der Waals surface area contributed by atoms with E-state index in [0.29, 0.717) is 42.1 Å². The second-order valence-corrected chi connectivity index (χ2v) is 8.90. The van der Waals surface area contributed by atoms with E-state index >= 15 is 0 Å². The number of benzene rings is 1. The van der Waals surface area contributed by atoms with Crippen molar-refractivity contribution in [2.24, 2.45) is 5.92 Å². The second-order valence-electron chi connectivity index (χ2n) is 8.90. The van der Waals surface area contributed by atoms with Crippen LogP contribution < -0.4 is 10.1 Å². The van der Waals surface area contributed by atoms with Crippen LogP contribution in [0, 0.1) is 5.92 Å². The van der Waals surface area contributed by atoms with Crippen LogP contribution in [0.4, 0.5) is 5.69 Å². The second kappa shape index (κ2) is 11.8. The number of hydrogen-bond acceptors (Lipinski definition) is 6. The molecule has 0 bridgehead atoms. The minimum Gasteiger partial charge on any atom is -0.491 e. The Hall–Kier alpha value is -3.46. The lowest BCUT2D eigenvalue weighted by Gasteiger charge is -2.36. The zero-order valence-corrected chi connectivity index (χ0v) is 21.0. The van der Waals surface area contributed by atoms with Crippen molar-refractivity contribution in [1.82, 2.24) is 14.8 Å². The van der Waals surface area contributed by atoms with E-state index in [0.717, 1.165) is 0 Å². The van der Waals surface area contributed by atoms with E-state index in [2.05, 4.69) is 10.3 Å². The fourth-order valence-corrected chi connectivity index (χ4v) is 4.04. The normalized spacial score (nSPS) is 21.3. The summed E-state index contributed by atoms with van der Waals surface area (Å²) in [4.78, 5) is 46.0. The molecule has 188 valence electrons. The van der Waals surface area contributed by atoms with Gasteiger partial charge in [-0.05, 0) is 31.2 Å². The molecule has 9 heteroatoms. The highest BCUT2D eigenvalue weighted by molar-refractivity contribution is 5.98. The smallest absolute Gasteiger partial charge is 0.257 e. The fraction of sp³-hybridized carbons (Fsp3) is 0.462. The first-order valence-electron chi connectivity index (χ1n) is 11.8. The molecule has 2 aromatic rings. The van der Waals surface area contributed by atoms with Crippen molar-refractivity contribution in [3.63, 3.8) is 0 Å². The number of methoxy groups -OCH3 is 1. The van der Waals surface area contributed by atoms with Crippen molar-refractivity contribution in [3.05, 3.63) is 53.9 Å². The first-order valence-corrected chi connectivity index (χ1v) is 11.8. The van der Waals surface area contributed by atoms with Crippen LogP contribution in [-0.2, 0) is 9.53 Å². The van der Waals surface area contributed by atoms with Gasteiger partial charge in [0, 0.05) is 69.3 Å². The summed E-state index contributed by atoms with van der Waals surface area (Å²) in [6.07, 6.45) is 3.24. The van der Waals surface area contributed by atoms with Crippen LogP contribution in [0.15, 0.2) is 42.7 Å². The van der Waals surface area contributed by atoms with Crippen molar-refractivity contribution in [1.29, 1.82) is 0 Å². The van der Waals surface area contributed by atoms with Gasteiger partial charge in [-0.25, -0.2) is 0 Å². The molecule has 1 aliphatic heterocycles. The highest BCUT2D eigenvalue weighted by Gasteiger charge is 2.30. The average molecular weight is 483 g/mol. The maximum absolute atomic E-state index is 13.4. The van der Waals surface area contributed by atoms with Crippen LogP contribution in [-0.4, -0.2) is 78.5 Å². The fourth-order valence-electron chi connectivity index (χ4n) is 4.04. The Morgan fingerprint density at radius 2 is 1.89 bits per heavy atom. The molecule has 3 atom stereocenters. The van der Waals surface area contributed by atoms with E-state index in [9.17, 15) is 14.4 Å². The number of likely N-dealkylation sites (N-methyl/N-ethyl adjacent to an activating group) is 1. The van der Waals surface area contributed by atoms with Crippen molar-refractivity contribution >= 4 is 23.4 Å². The Morgan fingerprint density at radius 3 is 2.54 bits per heavy atom. The summed E-state index contributed by atoms with van der Waals surface area (Å²) in [5.41, 5.74) is 1.46. The number of rotatable bonds is 4. The van der Waals surface area contributed by atoms with E-state index in [1.54, 1.807) is 73.6 Å². The summed E-state index contributed by atoms with van der Waals surface area (Å²) < 4.78 is 11.9. The van der Waals surface area contributed by atoms with Gasteiger partial charge in [-0.1, -0.05) is 13.8 Å². The van der Waals surface area contributed by atoms with Crippen LogP contribution in [0.3, 0.4) is 0 Å². The van der Waals surface area contributed by atoms with Crippen molar-refractivity contribution in [2.75, 3.05) is 39.2 Å². The van der Waals surface area contributed by atoms with Gasteiger partial charge in [0.2, 0.25) is 5.91 Å². The summed E-state index contributed by atoms with van der Waals surface area (Å²) in [5.74, 6) is -0.173. The highest BCUT2D eigenvalue weighted by Crippen LogP contribution is 2.27. The molecule has 0 fully saturated rings. The average Bonchev–Trinajstić information content (AvgIpc) is 2.87. The van der Waals surface area contributed by atoms with Crippen molar-refractivity contribution in [2.45, 2.75) is 39.3 Å². The molecule has 0 radical (unpaired) electrons. The minimum atomic E-state index is -0.301. The topological polar surface area (TPSA) is 101 Å².